The third-order valence-electron chi connectivity index (χ3n) is 4.03. The number of anilines is 1. The van der Waals surface area contributed by atoms with E-state index in [1.807, 2.05) is 0 Å². The van der Waals surface area contributed by atoms with Gasteiger partial charge in [-0.25, -0.2) is 4.98 Å². The number of aromatic nitrogens is 1. The predicted octanol–water partition coefficient (Wildman–Crippen LogP) is 1.41. The van der Waals surface area contributed by atoms with E-state index in [1.54, 1.807) is 18.3 Å². The van der Waals surface area contributed by atoms with Gasteiger partial charge in [-0.2, -0.15) is 0 Å². The summed E-state index contributed by atoms with van der Waals surface area (Å²) in [7, 11) is 0. The SMILES string of the molecule is O=C(Nc1cc(C#CCO)ccn1)C1C2CCCC21. The summed E-state index contributed by atoms with van der Waals surface area (Å²) in [6.45, 7) is -0.171. The van der Waals surface area contributed by atoms with Crippen molar-refractivity contribution in [2.45, 2.75) is 19.3 Å². The third-order valence-corrected chi connectivity index (χ3v) is 4.03. The minimum absolute atomic E-state index is 0.0921. The molecule has 0 radical (unpaired) electrons. The number of amides is 1. The van der Waals surface area contributed by atoms with Crippen LogP contribution in [-0.4, -0.2) is 22.6 Å². The zero-order chi connectivity index (χ0) is 13.2. The van der Waals surface area contributed by atoms with E-state index in [1.165, 1.54) is 19.3 Å². The topological polar surface area (TPSA) is 62.2 Å². The fraction of sp³-hybridized carbons (Fsp3) is 0.467. The van der Waals surface area contributed by atoms with E-state index < -0.39 is 0 Å². The van der Waals surface area contributed by atoms with Gasteiger partial charge in [-0.3, -0.25) is 4.79 Å². The quantitative estimate of drug-likeness (QED) is 0.786. The summed E-state index contributed by atoms with van der Waals surface area (Å²) in [5.41, 5.74) is 0.746. The Morgan fingerprint density at radius 3 is 3.00 bits per heavy atom. The van der Waals surface area contributed by atoms with Gasteiger partial charge in [0.25, 0.3) is 0 Å². The van der Waals surface area contributed by atoms with Gasteiger partial charge < -0.3 is 10.4 Å². The van der Waals surface area contributed by atoms with Gasteiger partial charge in [0.15, 0.2) is 0 Å². The van der Waals surface area contributed by atoms with Crippen molar-refractivity contribution in [3.63, 3.8) is 0 Å². The number of fused-ring (bicyclic) bond motifs is 1. The molecule has 1 amide bonds. The molecular weight excluding hydrogens is 240 g/mol. The number of aliphatic hydroxyl groups excluding tert-OH is 1. The summed E-state index contributed by atoms with van der Waals surface area (Å²) in [4.78, 5) is 16.2. The van der Waals surface area contributed by atoms with Crippen molar-refractivity contribution in [1.29, 1.82) is 0 Å². The number of nitrogens with one attached hydrogen (secondary N) is 1. The second-order valence-electron chi connectivity index (χ2n) is 5.16. The maximum absolute atomic E-state index is 12.1. The molecule has 0 bridgehead atoms. The number of carbonyl (C=O) groups is 1. The lowest BCUT2D eigenvalue weighted by molar-refractivity contribution is -0.118. The highest BCUT2D eigenvalue weighted by molar-refractivity contribution is 5.94. The van der Waals surface area contributed by atoms with Gasteiger partial charge in [-0.15, -0.1) is 0 Å². The lowest BCUT2D eigenvalue weighted by Crippen LogP contribution is -2.17. The number of pyridine rings is 1. The fourth-order valence-corrected chi connectivity index (χ4v) is 3.14. The Morgan fingerprint density at radius 1 is 1.47 bits per heavy atom. The molecule has 0 saturated heterocycles. The Bertz CT molecular complexity index is 549. The molecule has 2 aliphatic carbocycles. The number of rotatable bonds is 2. The number of carbonyl (C=O) groups excluding carboxylic acids is 1. The number of aliphatic hydroxyl groups is 1. The summed E-state index contributed by atoms with van der Waals surface area (Å²) in [5, 5.41) is 11.5. The first kappa shape index (κ1) is 12.2. The molecule has 1 aromatic heterocycles. The molecule has 98 valence electrons. The Morgan fingerprint density at radius 2 is 2.26 bits per heavy atom. The average molecular weight is 256 g/mol. The second kappa shape index (κ2) is 5.02. The molecule has 0 aromatic carbocycles. The van der Waals surface area contributed by atoms with Crippen LogP contribution < -0.4 is 5.32 Å². The third kappa shape index (κ3) is 2.47. The van der Waals surface area contributed by atoms with Crippen molar-refractivity contribution in [1.82, 2.24) is 4.98 Å². The van der Waals surface area contributed by atoms with Crippen LogP contribution >= 0.6 is 0 Å². The Hall–Kier alpha value is -1.86. The van der Waals surface area contributed by atoms with Crippen LogP contribution in [-0.2, 0) is 4.79 Å². The van der Waals surface area contributed by atoms with Crippen LogP contribution in [0.1, 0.15) is 24.8 Å². The maximum Gasteiger partial charge on any atom is 0.229 e. The Kier molecular flexibility index (Phi) is 3.22. The van der Waals surface area contributed by atoms with Crippen LogP contribution in [0, 0.1) is 29.6 Å². The monoisotopic (exact) mass is 256 g/mol. The van der Waals surface area contributed by atoms with Gasteiger partial charge in [0.05, 0.1) is 0 Å². The molecule has 3 rings (SSSR count). The number of hydrogen-bond acceptors (Lipinski definition) is 3. The number of hydrogen-bond donors (Lipinski definition) is 2. The molecule has 0 spiro atoms. The van der Waals surface area contributed by atoms with Crippen LogP contribution in [0.25, 0.3) is 0 Å². The molecule has 4 nitrogen and oxygen atoms in total. The predicted molar refractivity (Wildman–Crippen MR) is 71.2 cm³/mol. The molecule has 2 N–H and O–H groups in total. The fourth-order valence-electron chi connectivity index (χ4n) is 3.14. The van der Waals surface area contributed by atoms with Gasteiger partial charge in [0.1, 0.15) is 12.4 Å². The van der Waals surface area contributed by atoms with E-state index in [9.17, 15) is 4.79 Å². The van der Waals surface area contributed by atoms with Crippen molar-refractivity contribution < 1.29 is 9.90 Å². The lowest BCUT2D eigenvalue weighted by Gasteiger charge is -2.05. The van der Waals surface area contributed by atoms with E-state index >= 15 is 0 Å². The summed E-state index contributed by atoms with van der Waals surface area (Å²) in [5.74, 6) is 7.43. The standard InChI is InChI=1S/C15H16N2O2/c18-8-2-3-10-6-7-16-13(9-10)17-15(19)14-11-4-1-5-12(11)14/h6-7,9,11-12,14,18H,1,4-5,8H2,(H,16,17,19). The highest BCUT2D eigenvalue weighted by Gasteiger charge is 2.56. The number of nitrogens with zero attached hydrogens (tertiary/aromatic N) is 1. The molecule has 2 fully saturated rings. The zero-order valence-electron chi connectivity index (χ0n) is 10.6. The van der Waals surface area contributed by atoms with Gasteiger partial charge in [-0.05, 0) is 36.8 Å². The van der Waals surface area contributed by atoms with Crippen LogP contribution in [0.4, 0.5) is 5.82 Å². The largest absolute Gasteiger partial charge is 0.384 e. The first-order valence-electron chi connectivity index (χ1n) is 6.66. The maximum atomic E-state index is 12.1. The Labute approximate surface area is 112 Å². The molecule has 1 aromatic rings. The van der Waals surface area contributed by atoms with Crippen molar-refractivity contribution in [3.8, 4) is 11.8 Å². The summed E-state index contributed by atoms with van der Waals surface area (Å²) in [6.07, 6.45) is 5.27. The Balaban J connectivity index is 1.65. The minimum atomic E-state index is -0.171. The van der Waals surface area contributed by atoms with E-state index in [-0.39, 0.29) is 18.4 Å². The van der Waals surface area contributed by atoms with Gasteiger partial charge in [-0.1, -0.05) is 18.3 Å². The van der Waals surface area contributed by atoms with Crippen LogP contribution in [0.5, 0.6) is 0 Å². The minimum Gasteiger partial charge on any atom is -0.384 e. The average Bonchev–Trinajstić information content (AvgIpc) is 2.91. The molecule has 2 saturated carbocycles. The van der Waals surface area contributed by atoms with E-state index in [0.717, 1.165) is 5.56 Å². The second-order valence-corrected chi connectivity index (χ2v) is 5.16. The molecule has 19 heavy (non-hydrogen) atoms. The highest BCUT2D eigenvalue weighted by atomic mass is 16.2. The molecule has 1 heterocycles. The summed E-state index contributed by atoms with van der Waals surface area (Å²) >= 11 is 0. The normalized spacial score (nSPS) is 27.1. The van der Waals surface area contributed by atoms with Crippen LogP contribution in [0.3, 0.4) is 0 Å². The van der Waals surface area contributed by atoms with Gasteiger partial charge >= 0.3 is 0 Å². The van der Waals surface area contributed by atoms with Crippen LogP contribution in [0.15, 0.2) is 18.3 Å². The van der Waals surface area contributed by atoms with Crippen molar-refractivity contribution in [3.05, 3.63) is 23.9 Å². The highest BCUT2D eigenvalue weighted by Crippen LogP contribution is 2.57. The smallest absolute Gasteiger partial charge is 0.229 e. The molecule has 2 atom stereocenters. The zero-order valence-corrected chi connectivity index (χ0v) is 10.6. The first-order chi connectivity index (χ1) is 9.29. The van der Waals surface area contributed by atoms with Crippen molar-refractivity contribution >= 4 is 11.7 Å². The van der Waals surface area contributed by atoms with E-state index in [2.05, 4.69) is 22.1 Å². The van der Waals surface area contributed by atoms with E-state index in [4.69, 9.17) is 5.11 Å². The molecule has 2 unspecified atom stereocenters. The van der Waals surface area contributed by atoms with E-state index in [0.29, 0.717) is 17.7 Å². The molecule has 4 heteroatoms. The molecular formula is C15H16N2O2. The van der Waals surface area contributed by atoms with Gasteiger partial charge in [0.2, 0.25) is 5.91 Å². The first-order valence-corrected chi connectivity index (χ1v) is 6.66. The molecule has 0 aliphatic heterocycles. The van der Waals surface area contributed by atoms with Crippen LogP contribution in [0.2, 0.25) is 0 Å². The van der Waals surface area contributed by atoms with Crippen molar-refractivity contribution in [2.75, 3.05) is 11.9 Å². The molecule has 2 aliphatic rings. The lowest BCUT2D eigenvalue weighted by atomic mass is 10.1. The summed E-state index contributed by atoms with van der Waals surface area (Å²) in [6, 6.07) is 3.49. The van der Waals surface area contributed by atoms with Gasteiger partial charge in [0, 0.05) is 17.7 Å². The van der Waals surface area contributed by atoms with Crippen molar-refractivity contribution in [2.24, 2.45) is 17.8 Å². The summed E-state index contributed by atoms with van der Waals surface area (Å²) < 4.78 is 0.